The molecule has 2 heterocycles. The summed E-state index contributed by atoms with van der Waals surface area (Å²) in [6.45, 7) is 7.02. The summed E-state index contributed by atoms with van der Waals surface area (Å²) in [5.41, 5.74) is 3.49. The predicted molar refractivity (Wildman–Crippen MR) is 149 cm³/mol. The van der Waals surface area contributed by atoms with Crippen molar-refractivity contribution in [3.63, 3.8) is 0 Å². The van der Waals surface area contributed by atoms with Gasteiger partial charge in [-0.3, -0.25) is 0 Å². The highest BCUT2D eigenvalue weighted by molar-refractivity contribution is 5.96. The van der Waals surface area contributed by atoms with E-state index < -0.39 is 11.6 Å². The first-order valence-corrected chi connectivity index (χ1v) is 13.8. The van der Waals surface area contributed by atoms with Crippen LogP contribution in [0.4, 0.5) is 0 Å². The zero-order valence-corrected chi connectivity index (χ0v) is 23.4. The van der Waals surface area contributed by atoms with Crippen molar-refractivity contribution in [3.8, 4) is 11.5 Å². The van der Waals surface area contributed by atoms with E-state index in [4.69, 9.17) is 28.4 Å². The van der Waals surface area contributed by atoms with Gasteiger partial charge in [-0.1, -0.05) is 18.2 Å². The number of carbonyl (C=O) groups excluding carboxylic acids is 1. The number of esters is 1. The van der Waals surface area contributed by atoms with E-state index >= 15 is 0 Å². The molecule has 0 radical (unpaired) electrons. The summed E-state index contributed by atoms with van der Waals surface area (Å²) in [5.74, 6) is -0.214. The second kappa shape index (κ2) is 13.0. The number of fused-ring (bicyclic) bond motifs is 3. The summed E-state index contributed by atoms with van der Waals surface area (Å²) in [6, 6.07) is 14.6. The van der Waals surface area contributed by atoms with E-state index in [1.807, 2.05) is 50.2 Å². The van der Waals surface area contributed by atoms with E-state index in [0.29, 0.717) is 97.4 Å². The third-order valence-electron chi connectivity index (χ3n) is 7.35. The van der Waals surface area contributed by atoms with Gasteiger partial charge in [0.05, 0.1) is 71.6 Å². The highest BCUT2D eigenvalue weighted by Crippen LogP contribution is 2.49. The van der Waals surface area contributed by atoms with Crippen molar-refractivity contribution in [2.45, 2.75) is 32.7 Å². The molecule has 2 bridgehead atoms. The molecule has 0 fully saturated rings. The maximum absolute atomic E-state index is 13.3. The van der Waals surface area contributed by atoms with Crippen LogP contribution in [0.1, 0.15) is 49.3 Å². The number of aromatic hydroxyl groups is 2. The molecule has 0 aliphatic carbocycles. The van der Waals surface area contributed by atoms with Crippen molar-refractivity contribution >= 4 is 5.97 Å². The topological polar surface area (TPSA) is 113 Å². The SMILES string of the molecule is Cc1cc(C2(c3cc4c(O)c(c3)COCCOCCOCCOCCOC4)OC(=O)c3ccccc32)cc(C)c1O. The van der Waals surface area contributed by atoms with Gasteiger partial charge in [0.1, 0.15) is 11.5 Å². The van der Waals surface area contributed by atoms with E-state index in [1.54, 1.807) is 12.1 Å². The molecule has 0 saturated carbocycles. The molecule has 1 unspecified atom stereocenters. The van der Waals surface area contributed by atoms with E-state index in [9.17, 15) is 15.0 Å². The largest absolute Gasteiger partial charge is 0.507 e. The fourth-order valence-electron chi connectivity index (χ4n) is 5.30. The van der Waals surface area contributed by atoms with Crippen molar-refractivity contribution < 1.29 is 43.4 Å². The van der Waals surface area contributed by atoms with Gasteiger partial charge in [-0.05, 0) is 55.3 Å². The van der Waals surface area contributed by atoms with Crippen LogP contribution < -0.4 is 0 Å². The van der Waals surface area contributed by atoms with E-state index in [2.05, 4.69) is 0 Å². The Balaban J connectivity index is 1.61. The molecule has 0 amide bonds. The Labute approximate surface area is 239 Å². The highest BCUT2D eigenvalue weighted by Gasteiger charge is 2.49. The molecule has 5 rings (SSSR count). The lowest BCUT2D eigenvalue weighted by Gasteiger charge is -2.32. The number of ether oxygens (including phenoxy) is 6. The third kappa shape index (κ3) is 6.10. The first-order chi connectivity index (χ1) is 19.9. The molecule has 0 saturated heterocycles. The van der Waals surface area contributed by atoms with E-state index in [0.717, 1.165) is 0 Å². The van der Waals surface area contributed by atoms with Crippen LogP contribution in [0.2, 0.25) is 0 Å². The molecule has 0 aromatic heterocycles. The van der Waals surface area contributed by atoms with E-state index in [-0.39, 0.29) is 24.7 Å². The Bertz CT molecular complexity index is 1330. The first-order valence-electron chi connectivity index (χ1n) is 13.8. The van der Waals surface area contributed by atoms with E-state index in [1.165, 1.54) is 0 Å². The Morgan fingerprint density at radius 2 is 1.10 bits per heavy atom. The maximum Gasteiger partial charge on any atom is 0.340 e. The fourth-order valence-corrected chi connectivity index (χ4v) is 5.30. The molecule has 3 aromatic carbocycles. The minimum atomic E-state index is -1.32. The van der Waals surface area contributed by atoms with Crippen molar-refractivity contribution in [3.05, 3.63) is 93.0 Å². The average Bonchev–Trinajstić information content (AvgIpc) is 3.27. The lowest BCUT2D eigenvalue weighted by atomic mass is 9.78. The fraction of sp³-hybridized carbons (Fsp3) is 0.406. The van der Waals surface area contributed by atoms with Crippen LogP contribution in [0.5, 0.6) is 11.5 Å². The van der Waals surface area contributed by atoms with Gasteiger partial charge < -0.3 is 38.6 Å². The minimum absolute atomic E-state index is 0.0518. The van der Waals surface area contributed by atoms with Crippen LogP contribution in [0.3, 0.4) is 0 Å². The summed E-state index contributed by atoms with van der Waals surface area (Å²) < 4.78 is 34.7. The van der Waals surface area contributed by atoms with Gasteiger partial charge in [-0.25, -0.2) is 4.79 Å². The zero-order chi connectivity index (χ0) is 28.8. The number of hydrogen-bond acceptors (Lipinski definition) is 9. The number of carbonyl (C=O) groups is 1. The quantitative estimate of drug-likeness (QED) is 0.441. The van der Waals surface area contributed by atoms with Crippen molar-refractivity contribution in [1.29, 1.82) is 0 Å². The summed E-state index contributed by atoms with van der Waals surface area (Å²) in [7, 11) is 0. The summed E-state index contributed by atoms with van der Waals surface area (Å²) in [5, 5.41) is 21.8. The van der Waals surface area contributed by atoms with Crippen LogP contribution in [0, 0.1) is 13.8 Å². The molecule has 0 spiro atoms. The molecule has 3 aromatic rings. The van der Waals surface area contributed by atoms with Gasteiger partial charge in [0.2, 0.25) is 0 Å². The molecule has 2 aliphatic rings. The molecule has 9 heteroatoms. The lowest BCUT2D eigenvalue weighted by Crippen LogP contribution is -2.30. The third-order valence-corrected chi connectivity index (χ3v) is 7.35. The van der Waals surface area contributed by atoms with Gasteiger partial charge in [-0.15, -0.1) is 0 Å². The van der Waals surface area contributed by atoms with Crippen LogP contribution in [-0.4, -0.2) is 69.0 Å². The number of rotatable bonds is 2. The Morgan fingerprint density at radius 3 is 1.63 bits per heavy atom. The number of cyclic esters (lactones) is 1. The Morgan fingerprint density at radius 1 is 0.634 bits per heavy atom. The maximum atomic E-state index is 13.3. The molecule has 9 nitrogen and oxygen atoms in total. The van der Waals surface area contributed by atoms with Crippen molar-refractivity contribution in [2.24, 2.45) is 0 Å². The number of hydrogen-bond donors (Lipinski definition) is 2. The number of phenolic OH excluding ortho intramolecular Hbond substituents is 2. The summed E-state index contributed by atoms with van der Waals surface area (Å²) in [6.07, 6.45) is 0. The van der Waals surface area contributed by atoms with Gasteiger partial charge in [0.15, 0.2) is 5.60 Å². The van der Waals surface area contributed by atoms with Crippen LogP contribution >= 0.6 is 0 Å². The molecule has 218 valence electrons. The summed E-state index contributed by atoms with van der Waals surface area (Å²) in [4.78, 5) is 13.3. The van der Waals surface area contributed by atoms with Crippen molar-refractivity contribution in [1.82, 2.24) is 0 Å². The molecule has 2 aliphatic heterocycles. The number of benzene rings is 3. The van der Waals surface area contributed by atoms with Gasteiger partial charge in [0.25, 0.3) is 0 Å². The zero-order valence-electron chi connectivity index (χ0n) is 23.4. The second-order valence-electron chi connectivity index (χ2n) is 10.2. The lowest BCUT2D eigenvalue weighted by molar-refractivity contribution is -0.0148. The molecule has 1 atom stereocenters. The standard InChI is InChI=1S/C32H36O9/c1-21-15-25(16-22(2)29(21)33)32(28-6-4-3-5-27(28)31(35)41-32)26-17-23-19-39-13-11-37-9-7-36-8-10-38-12-14-40-20-24(18-26)30(23)34/h3-6,15-18,33-34H,7-14,19-20H2,1-2H3. The van der Waals surface area contributed by atoms with Crippen LogP contribution in [-0.2, 0) is 47.2 Å². The van der Waals surface area contributed by atoms with Gasteiger partial charge in [0, 0.05) is 27.8 Å². The normalized spacial score (nSPS) is 21.0. The minimum Gasteiger partial charge on any atom is -0.507 e. The number of phenols is 2. The molecule has 2 N–H and O–H groups in total. The molecule has 41 heavy (non-hydrogen) atoms. The van der Waals surface area contributed by atoms with Gasteiger partial charge in [-0.2, -0.15) is 0 Å². The van der Waals surface area contributed by atoms with Crippen molar-refractivity contribution in [2.75, 3.05) is 52.9 Å². The van der Waals surface area contributed by atoms with Crippen LogP contribution in [0.25, 0.3) is 0 Å². The van der Waals surface area contributed by atoms with Crippen LogP contribution in [0.15, 0.2) is 48.5 Å². The summed E-state index contributed by atoms with van der Waals surface area (Å²) >= 11 is 0. The second-order valence-corrected chi connectivity index (χ2v) is 10.2. The highest BCUT2D eigenvalue weighted by atomic mass is 16.6. The average molecular weight is 565 g/mol. The first kappa shape index (κ1) is 29.0. The predicted octanol–water partition coefficient (Wildman–Crippen LogP) is 4.27. The Hall–Kier alpha value is -3.47. The monoisotopic (exact) mass is 564 g/mol. The number of aryl methyl sites for hydroxylation is 2. The van der Waals surface area contributed by atoms with Gasteiger partial charge >= 0.3 is 5.97 Å². The molecular weight excluding hydrogens is 528 g/mol. The smallest absolute Gasteiger partial charge is 0.340 e. The Kier molecular flexibility index (Phi) is 9.22. The molecular formula is C32H36O9.